The lowest BCUT2D eigenvalue weighted by Gasteiger charge is -2.33. The average molecular weight is 248 g/mol. The number of nitrogens with two attached hydrogens (primary N) is 1. The SMILES string of the molecule is CC1CS(=O)(=O)CCN1C(=O)CCCCN. The van der Waals surface area contributed by atoms with Gasteiger partial charge in [-0.15, -0.1) is 0 Å². The Morgan fingerprint density at radius 1 is 1.44 bits per heavy atom. The van der Waals surface area contributed by atoms with E-state index in [0.717, 1.165) is 12.8 Å². The van der Waals surface area contributed by atoms with Gasteiger partial charge in [0.05, 0.1) is 11.5 Å². The molecule has 1 atom stereocenters. The van der Waals surface area contributed by atoms with Crippen molar-refractivity contribution in [1.29, 1.82) is 0 Å². The van der Waals surface area contributed by atoms with Crippen LogP contribution < -0.4 is 5.73 Å². The normalized spacial score (nSPS) is 24.4. The molecule has 1 fully saturated rings. The topological polar surface area (TPSA) is 80.5 Å². The summed E-state index contributed by atoms with van der Waals surface area (Å²) in [5, 5.41) is 0. The molecule has 0 aromatic rings. The summed E-state index contributed by atoms with van der Waals surface area (Å²) in [7, 11) is -2.94. The molecule has 1 saturated heterocycles. The number of carbonyl (C=O) groups excluding carboxylic acids is 1. The second-order valence-electron chi connectivity index (χ2n) is 4.30. The van der Waals surface area contributed by atoms with Gasteiger partial charge in [-0.3, -0.25) is 4.79 Å². The van der Waals surface area contributed by atoms with Crippen LogP contribution in [0.4, 0.5) is 0 Å². The quantitative estimate of drug-likeness (QED) is 0.696. The monoisotopic (exact) mass is 248 g/mol. The molecule has 0 radical (unpaired) electrons. The number of carbonyl (C=O) groups is 1. The average Bonchev–Trinajstić information content (AvgIpc) is 2.16. The van der Waals surface area contributed by atoms with Crippen LogP contribution in [0.2, 0.25) is 0 Å². The minimum absolute atomic E-state index is 0.0517. The summed E-state index contributed by atoms with van der Waals surface area (Å²) in [5.74, 6) is 0.242. The molecule has 5 nitrogen and oxygen atoms in total. The van der Waals surface area contributed by atoms with Crippen molar-refractivity contribution in [2.75, 3.05) is 24.6 Å². The second kappa shape index (κ2) is 5.63. The highest BCUT2D eigenvalue weighted by atomic mass is 32.2. The number of unbranched alkanes of at least 4 members (excludes halogenated alkanes) is 1. The van der Waals surface area contributed by atoms with Gasteiger partial charge in [-0.25, -0.2) is 8.42 Å². The molecule has 1 aliphatic heterocycles. The third kappa shape index (κ3) is 3.75. The van der Waals surface area contributed by atoms with Gasteiger partial charge in [-0.2, -0.15) is 0 Å². The van der Waals surface area contributed by atoms with Crippen LogP contribution in [-0.2, 0) is 14.6 Å². The molecule has 2 N–H and O–H groups in total. The van der Waals surface area contributed by atoms with Crippen LogP contribution in [0.25, 0.3) is 0 Å². The van der Waals surface area contributed by atoms with E-state index < -0.39 is 9.84 Å². The van der Waals surface area contributed by atoms with Crippen molar-refractivity contribution in [3.63, 3.8) is 0 Å². The fourth-order valence-electron chi connectivity index (χ4n) is 1.93. The van der Waals surface area contributed by atoms with Crippen LogP contribution in [0.15, 0.2) is 0 Å². The predicted molar refractivity (Wildman–Crippen MR) is 62.7 cm³/mol. The number of sulfone groups is 1. The van der Waals surface area contributed by atoms with Crippen LogP contribution in [0.5, 0.6) is 0 Å². The summed E-state index contributed by atoms with van der Waals surface area (Å²) in [6.07, 6.45) is 2.10. The van der Waals surface area contributed by atoms with E-state index in [-0.39, 0.29) is 23.5 Å². The number of amides is 1. The zero-order chi connectivity index (χ0) is 12.2. The van der Waals surface area contributed by atoms with E-state index in [1.807, 2.05) is 0 Å². The largest absolute Gasteiger partial charge is 0.338 e. The Labute approximate surface area is 96.9 Å². The maximum Gasteiger partial charge on any atom is 0.222 e. The Bertz CT molecular complexity index is 340. The van der Waals surface area contributed by atoms with Crippen molar-refractivity contribution >= 4 is 15.7 Å². The first-order valence-electron chi connectivity index (χ1n) is 5.66. The van der Waals surface area contributed by atoms with Gasteiger partial charge >= 0.3 is 0 Å². The van der Waals surface area contributed by atoms with E-state index in [9.17, 15) is 13.2 Å². The van der Waals surface area contributed by atoms with Crippen LogP contribution in [-0.4, -0.2) is 49.9 Å². The van der Waals surface area contributed by atoms with Crippen molar-refractivity contribution in [3.8, 4) is 0 Å². The Morgan fingerprint density at radius 3 is 2.69 bits per heavy atom. The molecule has 1 aliphatic rings. The zero-order valence-corrected chi connectivity index (χ0v) is 10.5. The summed E-state index contributed by atoms with van der Waals surface area (Å²) in [6.45, 7) is 2.72. The third-order valence-electron chi connectivity index (χ3n) is 2.84. The molecule has 1 rings (SSSR count). The van der Waals surface area contributed by atoms with Crippen LogP contribution in [0, 0.1) is 0 Å². The van der Waals surface area contributed by atoms with Crippen molar-refractivity contribution in [3.05, 3.63) is 0 Å². The second-order valence-corrected chi connectivity index (χ2v) is 6.53. The summed E-state index contributed by atoms with van der Waals surface area (Å²) in [4.78, 5) is 13.5. The number of hydrogen-bond donors (Lipinski definition) is 1. The smallest absolute Gasteiger partial charge is 0.222 e. The predicted octanol–water partition coefficient (Wildman–Crippen LogP) is -0.239. The molecule has 0 saturated carbocycles. The highest BCUT2D eigenvalue weighted by Gasteiger charge is 2.30. The molecular weight excluding hydrogens is 228 g/mol. The van der Waals surface area contributed by atoms with Crippen LogP contribution in [0.1, 0.15) is 26.2 Å². The number of rotatable bonds is 4. The molecule has 0 aromatic carbocycles. The van der Waals surface area contributed by atoms with Gasteiger partial charge in [0.15, 0.2) is 9.84 Å². The van der Waals surface area contributed by atoms with E-state index in [0.29, 0.717) is 19.5 Å². The molecule has 1 heterocycles. The number of nitrogens with zero attached hydrogens (tertiary/aromatic N) is 1. The van der Waals surface area contributed by atoms with E-state index in [4.69, 9.17) is 5.73 Å². The van der Waals surface area contributed by atoms with Crippen molar-refractivity contribution < 1.29 is 13.2 Å². The van der Waals surface area contributed by atoms with Crippen molar-refractivity contribution in [2.24, 2.45) is 5.73 Å². The molecule has 0 spiro atoms. The van der Waals surface area contributed by atoms with Gasteiger partial charge in [0.1, 0.15) is 0 Å². The summed E-state index contributed by atoms with van der Waals surface area (Å²) < 4.78 is 22.7. The molecule has 0 bridgehead atoms. The van der Waals surface area contributed by atoms with E-state index in [2.05, 4.69) is 0 Å². The molecule has 1 amide bonds. The van der Waals surface area contributed by atoms with Crippen molar-refractivity contribution in [1.82, 2.24) is 4.90 Å². The Hall–Kier alpha value is -0.620. The fourth-order valence-corrected chi connectivity index (χ4v) is 3.49. The van der Waals surface area contributed by atoms with Crippen LogP contribution >= 0.6 is 0 Å². The first-order chi connectivity index (χ1) is 7.46. The number of hydrogen-bond acceptors (Lipinski definition) is 4. The first kappa shape index (κ1) is 13.4. The summed E-state index contributed by atoms with van der Waals surface area (Å²) >= 11 is 0. The van der Waals surface area contributed by atoms with E-state index >= 15 is 0 Å². The third-order valence-corrected chi connectivity index (χ3v) is 4.63. The molecule has 0 aliphatic carbocycles. The molecule has 94 valence electrons. The van der Waals surface area contributed by atoms with Gasteiger partial charge < -0.3 is 10.6 Å². The summed E-state index contributed by atoms with van der Waals surface area (Å²) in [6, 6.07) is -0.191. The first-order valence-corrected chi connectivity index (χ1v) is 7.48. The lowest BCUT2D eigenvalue weighted by molar-refractivity contribution is -0.132. The Kier molecular flexibility index (Phi) is 4.73. The van der Waals surface area contributed by atoms with Gasteiger partial charge in [0.25, 0.3) is 0 Å². The fraction of sp³-hybridized carbons (Fsp3) is 0.900. The zero-order valence-electron chi connectivity index (χ0n) is 9.68. The summed E-state index contributed by atoms with van der Waals surface area (Å²) in [5.41, 5.74) is 5.35. The molecule has 16 heavy (non-hydrogen) atoms. The Balaban J connectivity index is 2.46. The van der Waals surface area contributed by atoms with Crippen LogP contribution in [0.3, 0.4) is 0 Å². The van der Waals surface area contributed by atoms with Gasteiger partial charge in [-0.05, 0) is 26.3 Å². The molecule has 6 heteroatoms. The molecule has 1 unspecified atom stereocenters. The minimum Gasteiger partial charge on any atom is -0.338 e. The maximum atomic E-state index is 11.8. The lowest BCUT2D eigenvalue weighted by atomic mass is 10.2. The van der Waals surface area contributed by atoms with E-state index in [1.165, 1.54) is 0 Å². The van der Waals surface area contributed by atoms with Gasteiger partial charge in [0.2, 0.25) is 5.91 Å². The Morgan fingerprint density at radius 2 is 2.12 bits per heavy atom. The van der Waals surface area contributed by atoms with Gasteiger partial charge in [-0.1, -0.05) is 0 Å². The van der Waals surface area contributed by atoms with Crippen molar-refractivity contribution in [2.45, 2.75) is 32.2 Å². The maximum absolute atomic E-state index is 11.8. The van der Waals surface area contributed by atoms with E-state index in [1.54, 1.807) is 11.8 Å². The highest BCUT2D eigenvalue weighted by molar-refractivity contribution is 7.91. The lowest BCUT2D eigenvalue weighted by Crippen LogP contribution is -2.49. The highest BCUT2D eigenvalue weighted by Crippen LogP contribution is 2.13. The molecular formula is C10H20N2O3S. The minimum atomic E-state index is -2.94. The van der Waals surface area contributed by atoms with Gasteiger partial charge in [0, 0.05) is 19.0 Å². The molecule has 0 aromatic heterocycles. The standard InChI is InChI=1S/C10H20N2O3S/c1-9-8-16(14,15)7-6-12(9)10(13)4-2-3-5-11/h9H,2-8,11H2,1H3.